The van der Waals surface area contributed by atoms with E-state index >= 15 is 0 Å². The number of carbonyl (C=O) groups excluding carboxylic acids is 1. The van der Waals surface area contributed by atoms with E-state index in [2.05, 4.69) is 4.98 Å². The van der Waals surface area contributed by atoms with E-state index in [1.165, 1.54) is 19.4 Å². The van der Waals surface area contributed by atoms with Gasteiger partial charge in [-0.2, -0.15) is 0 Å². The summed E-state index contributed by atoms with van der Waals surface area (Å²) in [5.41, 5.74) is 1.39. The van der Waals surface area contributed by atoms with E-state index in [1.54, 1.807) is 42.6 Å². The van der Waals surface area contributed by atoms with Crippen molar-refractivity contribution in [3.63, 3.8) is 0 Å². The molecule has 0 amide bonds. The topological polar surface area (TPSA) is 91.6 Å². The van der Waals surface area contributed by atoms with Gasteiger partial charge >= 0.3 is 5.69 Å². The molecular formula is C22H17FN2O5. The first-order valence-electron chi connectivity index (χ1n) is 8.84. The van der Waals surface area contributed by atoms with Crippen LogP contribution in [0.15, 0.2) is 67.0 Å². The maximum atomic E-state index is 13.5. The Morgan fingerprint density at radius 1 is 1.20 bits per heavy atom. The molecule has 0 atom stereocenters. The molecule has 0 aliphatic rings. The summed E-state index contributed by atoms with van der Waals surface area (Å²) in [7, 11) is 1.48. The van der Waals surface area contributed by atoms with Gasteiger partial charge in [0.15, 0.2) is 11.5 Å². The number of pyridine rings is 1. The molecule has 0 unspecified atom stereocenters. The molecule has 3 rings (SSSR count). The molecule has 0 spiro atoms. The van der Waals surface area contributed by atoms with Crippen molar-refractivity contribution in [2.45, 2.75) is 6.61 Å². The summed E-state index contributed by atoms with van der Waals surface area (Å²) in [6.07, 6.45) is 6.11. The number of carbonyl (C=O) groups is 1. The van der Waals surface area contributed by atoms with Crippen LogP contribution in [0.1, 0.15) is 21.5 Å². The summed E-state index contributed by atoms with van der Waals surface area (Å²) in [5, 5.41) is 11.1. The number of hydrogen-bond donors (Lipinski definition) is 0. The predicted octanol–water partition coefficient (Wildman–Crippen LogP) is 4.61. The molecule has 3 aromatic rings. The van der Waals surface area contributed by atoms with Gasteiger partial charge in [-0.1, -0.05) is 12.1 Å². The van der Waals surface area contributed by atoms with Crippen LogP contribution >= 0.6 is 0 Å². The molecule has 7 nitrogen and oxygen atoms in total. The Balaban J connectivity index is 1.80. The Morgan fingerprint density at radius 3 is 2.73 bits per heavy atom. The fourth-order valence-electron chi connectivity index (χ4n) is 2.70. The molecule has 0 aliphatic heterocycles. The first kappa shape index (κ1) is 20.7. The van der Waals surface area contributed by atoms with E-state index < -0.39 is 10.7 Å². The number of rotatable bonds is 8. The van der Waals surface area contributed by atoms with Crippen molar-refractivity contribution < 1.29 is 23.6 Å². The fraction of sp³-hybridized carbons (Fsp3) is 0.0909. The number of ether oxygens (including phenoxy) is 2. The van der Waals surface area contributed by atoms with Gasteiger partial charge in [0, 0.05) is 35.7 Å². The highest BCUT2D eigenvalue weighted by molar-refractivity contribution is 6.06. The number of methoxy groups -OCH3 is 1. The lowest BCUT2D eigenvalue weighted by Crippen LogP contribution is -2.02. The smallest absolute Gasteiger partial charge is 0.311 e. The Labute approximate surface area is 171 Å². The van der Waals surface area contributed by atoms with Crippen LogP contribution in [-0.2, 0) is 6.61 Å². The molecule has 0 N–H and O–H groups in total. The number of allylic oxidation sites excluding steroid dienone is 1. The number of hydrogen-bond acceptors (Lipinski definition) is 6. The number of halogens is 1. The monoisotopic (exact) mass is 408 g/mol. The zero-order chi connectivity index (χ0) is 21.5. The average Bonchev–Trinajstić information content (AvgIpc) is 2.76. The highest BCUT2D eigenvalue weighted by atomic mass is 19.1. The molecule has 1 heterocycles. The first-order chi connectivity index (χ1) is 14.5. The van der Waals surface area contributed by atoms with Crippen molar-refractivity contribution in [2.75, 3.05) is 7.11 Å². The summed E-state index contributed by atoms with van der Waals surface area (Å²) < 4.78 is 24.3. The van der Waals surface area contributed by atoms with Crippen LogP contribution in [0.5, 0.6) is 11.5 Å². The van der Waals surface area contributed by atoms with E-state index in [0.717, 1.165) is 18.2 Å². The summed E-state index contributed by atoms with van der Waals surface area (Å²) in [4.78, 5) is 26.6. The van der Waals surface area contributed by atoms with Gasteiger partial charge in [-0.05, 0) is 42.0 Å². The number of aromatic nitrogens is 1. The largest absolute Gasteiger partial charge is 0.496 e. The molecule has 0 bridgehead atoms. The Kier molecular flexibility index (Phi) is 6.49. The third-order valence-electron chi connectivity index (χ3n) is 4.18. The van der Waals surface area contributed by atoms with Gasteiger partial charge in [0.05, 0.1) is 12.0 Å². The number of benzene rings is 2. The molecule has 8 heteroatoms. The first-order valence-corrected chi connectivity index (χ1v) is 8.84. The molecule has 30 heavy (non-hydrogen) atoms. The standard InChI is InChI=1S/C22H17FN2O5/c1-29-21-9-5-15(4-8-20(26)16-3-2-10-24-13-16)11-17(21)14-30-22-12-18(23)6-7-19(22)25(27)28/h2-13H,14H2,1H3/b8-4+. The van der Waals surface area contributed by atoms with Gasteiger partial charge in [0.2, 0.25) is 0 Å². The lowest BCUT2D eigenvalue weighted by molar-refractivity contribution is -0.386. The lowest BCUT2D eigenvalue weighted by atomic mass is 10.1. The van der Waals surface area contributed by atoms with Crippen LogP contribution < -0.4 is 9.47 Å². The van der Waals surface area contributed by atoms with Crippen molar-refractivity contribution in [1.29, 1.82) is 0 Å². The predicted molar refractivity (Wildman–Crippen MR) is 108 cm³/mol. The third kappa shape index (κ3) is 5.05. The number of ketones is 1. The van der Waals surface area contributed by atoms with Gasteiger partial charge in [0.25, 0.3) is 0 Å². The molecule has 0 saturated carbocycles. The van der Waals surface area contributed by atoms with Gasteiger partial charge in [0.1, 0.15) is 18.2 Å². The molecule has 2 aromatic carbocycles. The van der Waals surface area contributed by atoms with Crippen molar-refractivity contribution in [1.82, 2.24) is 4.98 Å². The molecule has 1 aromatic heterocycles. The van der Waals surface area contributed by atoms with Crippen molar-refractivity contribution >= 4 is 17.5 Å². The molecule has 0 radical (unpaired) electrons. The van der Waals surface area contributed by atoms with E-state index in [-0.39, 0.29) is 23.8 Å². The van der Waals surface area contributed by atoms with Gasteiger partial charge in [-0.25, -0.2) is 4.39 Å². The third-order valence-corrected chi connectivity index (χ3v) is 4.18. The Morgan fingerprint density at radius 2 is 2.03 bits per heavy atom. The minimum absolute atomic E-state index is 0.0916. The van der Waals surface area contributed by atoms with E-state index in [9.17, 15) is 19.3 Å². The summed E-state index contributed by atoms with van der Waals surface area (Å²) in [6.45, 7) is -0.0916. The molecule has 0 fully saturated rings. The fourth-order valence-corrected chi connectivity index (χ4v) is 2.70. The van der Waals surface area contributed by atoms with E-state index in [1.807, 2.05) is 0 Å². The Hall–Kier alpha value is -4.07. The minimum Gasteiger partial charge on any atom is -0.496 e. The second-order valence-corrected chi connectivity index (χ2v) is 6.17. The number of nitrogens with zero attached hydrogens (tertiary/aromatic N) is 2. The van der Waals surface area contributed by atoms with Gasteiger partial charge in [-0.3, -0.25) is 19.9 Å². The van der Waals surface area contributed by atoms with Crippen LogP contribution in [0.25, 0.3) is 6.08 Å². The van der Waals surface area contributed by atoms with Crippen LogP contribution in [0.2, 0.25) is 0 Å². The SMILES string of the molecule is COc1ccc(/C=C/C(=O)c2cccnc2)cc1COc1cc(F)ccc1[N+](=O)[O-]. The van der Waals surface area contributed by atoms with Crippen molar-refractivity contribution in [2.24, 2.45) is 0 Å². The summed E-state index contributed by atoms with van der Waals surface area (Å²) in [5.74, 6) is -0.542. The lowest BCUT2D eigenvalue weighted by Gasteiger charge is -2.11. The zero-order valence-corrected chi connectivity index (χ0v) is 15.9. The number of nitro benzene ring substituents is 1. The van der Waals surface area contributed by atoms with Crippen LogP contribution in [0, 0.1) is 15.9 Å². The summed E-state index contributed by atoms with van der Waals surface area (Å²) >= 11 is 0. The average molecular weight is 408 g/mol. The minimum atomic E-state index is -0.645. The van der Waals surface area contributed by atoms with Gasteiger partial charge in [-0.15, -0.1) is 0 Å². The number of nitro groups is 1. The second kappa shape index (κ2) is 9.42. The van der Waals surface area contributed by atoms with E-state index in [4.69, 9.17) is 9.47 Å². The van der Waals surface area contributed by atoms with Gasteiger partial charge < -0.3 is 9.47 Å². The Bertz CT molecular complexity index is 1100. The van der Waals surface area contributed by atoms with Crippen molar-refractivity contribution in [3.8, 4) is 11.5 Å². The normalized spacial score (nSPS) is 10.7. The highest BCUT2D eigenvalue weighted by Crippen LogP contribution is 2.30. The second-order valence-electron chi connectivity index (χ2n) is 6.17. The maximum absolute atomic E-state index is 13.5. The zero-order valence-electron chi connectivity index (χ0n) is 15.9. The molecular weight excluding hydrogens is 391 g/mol. The van der Waals surface area contributed by atoms with Crippen LogP contribution in [-0.4, -0.2) is 22.8 Å². The molecule has 152 valence electrons. The quantitative estimate of drug-likeness (QED) is 0.234. The summed E-state index contributed by atoms with van der Waals surface area (Å²) in [6, 6.07) is 11.5. The maximum Gasteiger partial charge on any atom is 0.311 e. The highest BCUT2D eigenvalue weighted by Gasteiger charge is 2.17. The van der Waals surface area contributed by atoms with E-state index in [0.29, 0.717) is 22.4 Å². The van der Waals surface area contributed by atoms with Crippen molar-refractivity contribution in [3.05, 3.63) is 99.6 Å². The molecule has 0 aliphatic carbocycles. The molecule has 0 saturated heterocycles. The van der Waals surface area contributed by atoms with Crippen LogP contribution in [0.3, 0.4) is 0 Å². The van der Waals surface area contributed by atoms with Crippen LogP contribution in [0.4, 0.5) is 10.1 Å².